The average molecular weight is 243 g/mol. The Kier molecular flexibility index (Phi) is 4.24. The minimum atomic E-state index is 0.365. The number of rotatable bonds is 4. The molecule has 1 heterocycles. The first-order chi connectivity index (χ1) is 6.59. The van der Waals surface area contributed by atoms with Crippen molar-refractivity contribution in [3.05, 3.63) is 23.9 Å². The predicted octanol–water partition coefficient (Wildman–Crippen LogP) is 1.09. The molecule has 4 N–H and O–H groups in total. The van der Waals surface area contributed by atoms with Gasteiger partial charge in [0, 0.05) is 17.5 Å². The van der Waals surface area contributed by atoms with E-state index in [1.165, 1.54) is 11.8 Å². The Labute approximate surface area is 97.3 Å². The summed E-state index contributed by atoms with van der Waals surface area (Å²) < 4.78 is 0. The molecule has 0 aliphatic rings. The summed E-state index contributed by atoms with van der Waals surface area (Å²) in [6.45, 7) is 0. The van der Waals surface area contributed by atoms with Crippen LogP contribution in [0.3, 0.4) is 0 Å². The van der Waals surface area contributed by atoms with Gasteiger partial charge < -0.3 is 11.5 Å². The van der Waals surface area contributed by atoms with Gasteiger partial charge in [-0.1, -0.05) is 36.2 Å². The molecule has 6 heteroatoms. The second-order valence-electron chi connectivity index (χ2n) is 2.50. The molecule has 0 amide bonds. The molecular formula is C8H9N3S3. The summed E-state index contributed by atoms with van der Waals surface area (Å²) in [5.74, 6) is 0.573. The lowest BCUT2D eigenvalue weighted by Gasteiger charge is -2.01. The number of thioether (sulfide) groups is 1. The summed E-state index contributed by atoms with van der Waals surface area (Å²) in [6, 6.07) is 3.60. The van der Waals surface area contributed by atoms with Crippen molar-refractivity contribution in [2.24, 2.45) is 11.5 Å². The molecule has 0 unspecified atom stereocenters. The highest BCUT2D eigenvalue weighted by Gasteiger charge is 2.00. The number of hydrogen-bond acceptors (Lipinski definition) is 4. The number of aromatic nitrogens is 1. The Morgan fingerprint density at radius 2 is 2.14 bits per heavy atom. The van der Waals surface area contributed by atoms with Crippen molar-refractivity contribution < 1.29 is 0 Å². The Balaban J connectivity index is 2.73. The average Bonchev–Trinajstić information content (AvgIpc) is 2.15. The topological polar surface area (TPSA) is 64.9 Å². The summed E-state index contributed by atoms with van der Waals surface area (Å²) in [7, 11) is 0. The molecule has 3 nitrogen and oxygen atoms in total. The Bertz CT molecular complexity index is 365. The molecule has 74 valence electrons. The molecule has 0 radical (unpaired) electrons. The number of pyridine rings is 1. The van der Waals surface area contributed by atoms with Gasteiger partial charge in [-0.15, -0.1) is 0 Å². The van der Waals surface area contributed by atoms with Gasteiger partial charge in [0.1, 0.15) is 4.99 Å². The number of nitrogens with two attached hydrogens (primary N) is 2. The molecule has 0 spiro atoms. The molecule has 0 atom stereocenters. The minimum Gasteiger partial charge on any atom is -0.393 e. The van der Waals surface area contributed by atoms with Crippen LogP contribution in [-0.2, 0) is 0 Å². The quantitative estimate of drug-likeness (QED) is 0.610. The summed E-state index contributed by atoms with van der Waals surface area (Å²) in [5.41, 5.74) is 11.7. The van der Waals surface area contributed by atoms with Crippen molar-refractivity contribution in [2.75, 3.05) is 5.75 Å². The van der Waals surface area contributed by atoms with E-state index in [0.29, 0.717) is 15.7 Å². The Morgan fingerprint density at radius 3 is 2.71 bits per heavy atom. The lowest BCUT2D eigenvalue weighted by atomic mass is 10.3. The van der Waals surface area contributed by atoms with E-state index in [0.717, 1.165) is 10.6 Å². The summed E-state index contributed by atoms with van der Waals surface area (Å²) in [5, 5.41) is 0.822. The lowest BCUT2D eigenvalue weighted by molar-refractivity contribution is 1.13. The van der Waals surface area contributed by atoms with Gasteiger partial charge in [0.05, 0.1) is 10.0 Å². The van der Waals surface area contributed by atoms with Crippen LogP contribution in [0.1, 0.15) is 5.56 Å². The maximum Gasteiger partial charge on any atom is 0.104 e. The first kappa shape index (κ1) is 11.4. The highest BCUT2D eigenvalue weighted by Crippen LogP contribution is 2.15. The summed E-state index contributed by atoms with van der Waals surface area (Å²) >= 11 is 11.1. The smallest absolute Gasteiger partial charge is 0.104 e. The third-order valence-electron chi connectivity index (χ3n) is 1.38. The van der Waals surface area contributed by atoms with Crippen LogP contribution in [0.25, 0.3) is 0 Å². The van der Waals surface area contributed by atoms with E-state index in [1.807, 2.05) is 6.07 Å². The molecule has 0 fully saturated rings. The fourth-order valence-electron chi connectivity index (χ4n) is 0.787. The standard InChI is InChI=1S/C8H9N3S3/c9-6(12)4-14-7-3-5(8(10)13)1-2-11-7/h1-3H,4H2,(H2,9,12)(H2,10,13). The minimum absolute atomic E-state index is 0.365. The van der Waals surface area contributed by atoms with Crippen molar-refractivity contribution in [3.63, 3.8) is 0 Å². The Morgan fingerprint density at radius 1 is 1.43 bits per heavy atom. The van der Waals surface area contributed by atoms with Gasteiger partial charge in [-0.05, 0) is 12.1 Å². The van der Waals surface area contributed by atoms with E-state index in [4.69, 9.17) is 35.9 Å². The second kappa shape index (κ2) is 5.23. The largest absolute Gasteiger partial charge is 0.393 e. The molecule has 0 aromatic carbocycles. The highest BCUT2D eigenvalue weighted by molar-refractivity contribution is 8.01. The molecule has 0 bridgehead atoms. The van der Waals surface area contributed by atoms with Crippen LogP contribution in [0.2, 0.25) is 0 Å². The van der Waals surface area contributed by atoms with Crippen LogP contribution in [0.5, 0.6) is 0 Å². The molecule has 0 saturated carbocycles. The molecule has 1 aromatic heterocycles. The zero-order valence-corrected chi connectivity index (χ0v) is 9.72. The van der Waals surface area contributed by atoms with E-state index in [9.17, 15) is 0 Å². The van der Waals surface area contributed by atoms with E-state index in [-0.39, 0.29) is 0 Å². The normalized spacial score (nSPS) is 9.71. The van der Waals surface area contributed by atoms with Gasteiger partial charge >= 0.3 is 0 Å². The van der Waals surface area contributed by atoms with Crippen LogP contribution < -0.4 is 11.5 Å². The number of nitrogens with zero attached hydrogens (tertiary/aromatic N) is 1. The van der Waals surface area contributed by atoms with Crippen molar-refractivity contribution in [3.8, 4) is 0 Å². The van der Waals surface area contributed by atoms with Gasteiger partial charge in [-0.25, -0.2) is 4.98 Å². The first-order valence-corrected chi connectivity index (χ1v) is 5.57. The van der Waals surface area contributed by atoms with E-state index >= 15 is 0 Å². The molecule has 0 saturated heterocycles. The van der Waals surface area contributed by atoms with Crippen molar-refractivity contribution in [1.29, 1.82) is 0 Å². The van der Waals surface area contributed by atoms with Crippen LogP contribution in [0.4, 0.5) is 0 Å². The predicted molar refractivity (Wildman–Crippen MR) is 67.6 cm³/mol. The first-order valence-electron chi connectivity index (χ1n) is 3.76. The fourth-order valence-corrected chi connectivity index (χ4v) is 1.73. The summed E-state index contributed by atoms with van der Waals surface area (Å²) in [4.78, 5) is 4.95. The van der Waals surface area contributed by atoms with Gasteiger partial charge in [-0.3, -0.25) is 0 Å². The third kappa shape index (κ3) is 3.57. The number of thiocarbonyl (C=S) groups is 2. The van der Waals surface area contributed by atoms with Gasteiger partial charge in [0.15, 0.2) is 0 Å². The van der Waals surface area contributed by atoms with Crippen LogP contribution in [0, 0.1) is 0 Å². The van der Waals surface area contributed by atoms with Crippen molar-refractivity contribution in [1.82, 2.24) is 4.98 Å². The zero-order valence-electron chi connectivity index (χ0n) is 7.27. The van der Waals surface area contributed by atoms with Crippen LogP contribution in [-0.4, -0.2) is 20.7 Å². The second-order valence-corrected chi connectivity index (χ2v) is 4.46. The fraction of sp³-hybridized carbons (Fsp3) is 0.125. The van der Waals surface area contributed by atoms with Crippen LogP contribution >= 0.6 is 36.2 Å². The molecule has 0 aliphatic heterocycles. The van der Waals surface area contributed by atoms with Gasteiger partial charge in [0.2, 0.25) is 0 Å². The lowest BCUT2D eigenvalue weighted by Crippen LogP contribution is -2.11. The van der Waals surface area contributed by atoms with Gasteiger partial charge in [-0.2, -0.15) is 0 Å². The molecule has 1 rings (SSSR count). The molecule has 0 aliphatic carbocycles. The van der Waals surface area contributed by atoms with Gasteiger partial charge in [0.25, 0.3) is 0 Å². The van der Waals surface area contributed by atoms with E-state index in [2.05, 4.69) is 4.98 Å². The Hall–Kier alpha value is -0.720. The zero-order chi connectivity index (χ0) is 10.6. The third-order valence-corrected chi connectivity index (χ3v) is 2.92. The molecular weight excluding hydrogens is 234 g/mol. The van der Waals surface area contributed by atoms with Crippen LogP contribution in [0.15, 0.2) is 23.4 Å². The molecule has 1 aromatic rings. The van der Waals surface area contributed by atoms with Crippen molar-refractivity contribution in [2.45, 2.75) is 5.03 Å². The maximum absolute atomic E-state index is 5.48. The monoisotopic (exact) mass is 243 g/mol. The van der Waals surface area contributed by atoms with E-state index in [1.54, 1.807) is 12.3 Å². The number of hydrogen-bond donors (Lipinski definition) is 2. The molecule has 14 heavy (non-hydrogen) atoms. The SMILES string of the molecule is NC(=S)CSc1cc(C(N)=S)ccn1. The van der Waals surface area contributed by atoms with E-state index < -0.39 is 0 Å². The summed E-state index contributed by atoms with van der Waals surface area (Å²) in [6.07, 6.45) is 1.66. The van der Waals surface area contributed by atoms with Crippen molar-refractivity contribution >= 4 is 46.2 Å². The highest BCUT2D eigenvalue weighted by atomic mass is 32.2. The maximum atomic E-state index is 5.48.